The van der Waals surface area contributed by atoms with Crippen molar-refractivity contribution in [2.45, 2.75) is 25.8 Å². The molecule has 2 amide bonds. The van der Waals surface area contributed by atoms with Crippen molar-refractivity contribution < 1.29 is 23.5 Å². The van der Waals surface area contributed by atoms with Crippen molar-refractivity contribution in [3.8, 4) is 16.3 Å². The summed E-state index contributed by atoms with van der Waals surface area (Å²) in [5.41, 5.74) is -2.07. The van der Waals surface area contributed by atoms with Crippen LogP contribution < -0.4 is 5.43 Å². The molecule has 1 atom stereocenters. The number of carbonyl (C=O) groups is 2. The van der Waals surface area contributed by atoms with E-state index in [-0.39, 0.29) is 40.7 Å². The van der Waals surface area contributed by atoms with Crippen LogP contribution in [-0.2, 0) is 16.8 Å². The molecule has 0 fully saturated rings. The van der Waals surface area contributed by atoms with Crippen molar-refractivity contribution in [3.05, 3.63) is 68.6 Å². The van der Waals surface area contributed by atoms with Gasteiger partial charge in [-0.15, -0.1) is 11.3 Å². The third-order valence-corrected chi connectivity index (χ3v) is 7.29. The minimum atomic E-state index is -1.28. The number of carbonyl (C=O) groups excluding carboxylic acids is 2. The fourth-order valence-electron chi connectivity index (χ4n) is 4.23. The average Bonchev–Trinajstić information content (AvgIpc) is 3.28. The molecular formula is C24H24F2N4O4S. The van der Waals surface area contributed by atoms with Gasteiger partial charge in [-0.1, -0.05) is 6.07 Å². The van der Waals surface area contributed by atoms with Crippen LogP contribution in [0, 0.1) is 11.6 Å². The van der Waals surface area contributed by atoms with Gasteiger partial charge in [0.05, 0.1) is 12.1 Å². The lowest BCUT2D eigenvalue weighted by molar-refractivity contribution is -0.139. The fourth-order valence-corrected chi connectivity index (χ4v) is 5.17. The zero-order chi connectivity index (χ0) is 25.7. The molecule has 1 unspecified atom stereocenters. The Morgan fingerprint density at radius 3 is 2.69 bits per heavy atom. The number of rotatable bonds is 5. The zero-order valence-electron chi connectivity index (χ0n) is 19.6. The highest BCUT2D eigenvalue weighted by Gasteiger charge is 2.46. The van der Waals surface area contributed by atoms with E-state index < -0.39 is 34.3 Å². The molecule has 0 bridgehead atoms. The number of aromatic nitrogens is 2. The highest BCUT2D eigenvalue weighted by atomic mass is 32.1. The first kappa shape index (κ1) is 24.5. The highest BCUT2D eigenvalue weighted by Crippen LogP contribution is 2.34. The average molecular weight is 503 g/mol. The maximum Gasteiger partial charge on any atom is 0.274 e. The standard InChI is InChI=1S/C24H24F2N4O4S/c1-5-28(3)23(34)24(2)12-29(4)22(33)18-20(32)19(31)16(11-30(18)24)21-27-10-15(35-21)8-13-6-7-14(25)9-17(13)26/h6-7,9-11,32H,5,8,12H2,1-4H3. The number of likely N-dealkylation sites (N-methyl/N-ethyl adjacent to an activating group) is 2. The van der Waals surface area contributed by atoms with E-state index in [1.54, 1.807) is 14.0 Å². The molecule has 3 aromatic rings. The van der Waals surface area contributed by atoms with Gasteiger partial charge in [0.15, 0.2) is 11.4 Å². The predicted molar refractivity (Wildman–Crippen MR) is 127 cm³/mol. The highest BCUT2D eigenvalue weighted by molar-refractivity contribution is 7.15. The Hall–Kier alpha value is -3.60. The number of thiazole rings is 1. The van der Waals surface area contributed by atoms with Gasteiger partial charge in [-0.2, -0.15) is 0 Å². The topological polar surface area (TPSA) is 95.7 Å². The lowest BCUT2D eigenvalue weighted by Crippen LogP contribution is -2.59. The van der Waals surface area contributed by atoms with Crippen LogP contribution in [0.4, 0.5) is 8.78 Å². The van der Waals surface area contributed by atoms with Crippen LogP contribution in [0.25, 0.3) is 10.6 Å². The summed E-state index contributed by atoms with van der Waals surface area (Å²) in [4.78, 5) is 46.9. The summed E-state index contributed by atoms with van der Waals surface area (Å²) in [7, 11) is 3.14. The van der Waals surface area contributed by atoms with E-state index in [1.807, 2.05) is 6.92 Å². The summed E-state index contributed by atoms with van der Waals surface area (Å²) in [6, 6.07) is 3.30. The Morgan fingerprint density at radius 2 is 2.03 bits per heavy atom. The minimum Gasteiger partial charge on any atom is -0.503 e. The summed E-state index contributed by atoms with van der Waals surface area (Å²) in [5, 5.41) is 11.0. The number of aromatic hydroxyl groups is 1. The third kappa shape index (κ3) is 4.09. The van der Waals surface area contributed by atoms with Crippen LogP contribution in [0.5, 0.6) is 5.75 Å². The molecule has 11 heteroatoms. The van der Waals surface area contributed by atoms with Gasteiger partial charge in [0.25, 0.3) is 5.91 Å². The molecule has 4 rings (SSSR count). The number of fused-ring (bicyclic) bond motifs is 1. The van der Waals surface area contributed by atoms with Crippen LogP contribution in [0.1, 0.15) is 34.8 Å². The van der Waals surface area contributed by atoms with Gasteiger partial charge >= 0.3 is 0 Å². The number of amides is 2. The quantitative estimate of drug-likeness (QED) is 0.579. The molecule has 1 aliphatic rings. The summed E-state index contributed by atoms with van der Waals surface area (Å²) in [6.45, 7) is 3.93. The Kier molecular flexibility index (Phi) is 6.22. The van der Waals surface area contributed by atoms with E-state index in [0.717, 1.165) is 23.5 Å². The first-order valence-corrected chi connectivity index (χ1v) is 11.7. The number of hydrogen-bond acceptors (Lipinski definition) is 6. The van der Waals surface area contributed by atoms with Gasteiger partial charge in [-0.05, 0) is 25.5 Å². The molecule has 0 saturated heterocycles. The fraction of sp³-hybridized carbons (Fsp3) is 0.333. The number of pyridine rings is 1. The van der Waals surface area contributed by atoms with Gasteiger partial charge < -0.3 is 19.5 Å². The van der Waals surface area contributed by atoms with Gasteiger partial charge in [0.2, 0.25) is 11.3 Å². The number of nitrogens with zero attached hydrogens (tertiary/aromatic N) is 4. The number of hydrogen-bond donors (Lipinski definition) is 1. The minimum absolute atomic E-state index is 0.0117. The lowest BCUT2D eigenvalue weighted by atomic mass is 9.94. The Labute approximate surface area is 204 Å². The summed E-state index contributed by atoms with van der Waals surface area (Å²) in [6.07, 6.45) is 2.98. The maximum atomic E-state index is 14.1. The van der Waals surface area contributed by atoms with E-state index in [0.29, 0.717) is 11.4 Å². The van der Waals surface area contributed by atoms with Crippen molar-refractivity contribution in [1.29, 1.82) is 0 Å². The third-order valence-electron chi connectivity index (χ3n) is 6.25. The van der Waals surface area contributed by atoms with Crippen molar-refractivity contribution >= 4 is 23.2 Å². The smallest absolute Gasteiger partial charge is 0.274 e. The second-order valence-corrected chi connectivity index (χ2v) is 9.85. The Bertz CT molecular complexity index is 1400. The summed E-state index contributed by atoms with van der Waals surface area (Å²) < 4.78 is 28.7. The number of halogens is 2. The molecule has 1 aromatic carbocycles. The molecular weight excluding hydrogens is 478 g/mol. The van der Waals surface area contributed by atoms with Crippen molar-refractivity contribution in [2.24, 2.45) is 0 Å². The molecule has 3 heterocycles. The SMILES string of the molecule is CCN(C)C(=O)C1(C)CN(C)C(=O)c2c(O)c(=O)c(-c3ncc(Cc4ccc(F)cc4F)s3)cn21. The molecule has 1 aliphatic heterocycles. The largest absolute Gasteiger partial charge is 0.503 e. The van der Waals surface area contributed by atoms with Crippen LogP contribution in [0.2, 0.25) is 0 Å². The van der Waals surface area contributed by atoms with Crippen molar-refractivity contribution in [2.75, 3.05) is 27.2 Å². The zero-order valence-corrected chi connectivity index (χ0v) is 20.4. The lowest BCUT2D eigenvalue weighted by Gasteiger charge is -2.42. The van der Waals surface area contributed by atoms with E-state index >= 15 is 0 Å². The summed E-state index contributed by atoms with van der Waals surface area (Å²) >= 11 is 1.10. The molecule has 0 aliphatic carbocycles. The second-order valence-electron chi connectivity index (χ2n) is 8.74. The predicted octanol–water partition coefficient (Wildman–Crippen LogP) is 2.83. The molecule has 0 spiro atoms. The van der Waals surface area contributed by atoms with Gasteiger partial charge in [0, 0.05) is 50.4 Å². The molecule has 184 valence electrons. The van der Waals surface area contributed by atoms with E-state index in [4.69, 9.17) is 0 Å². The molecule has 0 radical (unpaired) electrons. The van der Waals surface area contributed by atoms with Crippen molar-refractivity contribution in [3.63, 3.8) is 0 Å². The van der Waals surface area contributed by atoms with E-state index in [1.165, 1.54) is 39.9 Å². The molecule has 1 N–H and O–H groups in total. The molecule has 0 saturated carbocycles. The van der Waals surface area contributed by atoms with Crippen molar-refractivity contribution in [1.82, 2.24) is 19.4 Å². The number of benzene rings is 1. The summed E-state index contributed by atoms with van der Waals surface area (Å²) in [5.74, 6) is -3.01. The van der Waals surface area contributed by atoms with Gasteiger partial charge in [0.1, 0.15) is 22.2 Å². The van der Waals surface area contributed by atoms with E-state index in [9.17, 15) is 28.3 Å². The normalized spacial score (nSPS) is 17.4. The maximum absolute atomic E-state index is 14.1. The van der Waals surface area contributed by atoms with Crippen LogP contribution in [0.3, 0.4) is 0 Å². The first-order chi connectivity index (χ1) is 16.5. The Balaban J connectivity index is 1.82. The van der Waals surface area contributed by atoms with Gasteiger partial charge in [-0.25, -0.2) is 13.8 Å². The molecule has 2 aromatic heterocycles. The first-order valence-electron chi connectivity index (χ1n) is 10.9. The molecule has 8 nitrogen and oxygen atoms in total. The monoisotopic (exact) mass is 502 g/mol. The van der Waals surface area contributed by atoms with Gasteiger partial charge in [-0.3, -0.25) is 14.4 Å². The van der Waals surface area contributed by atoms with Crippen LogP contribution >= 0.6 is 11.3 Å². The second kappa shape index (κ2) is 8.88. The van der Waals surface area contributed by atoms with Crippen LogP contribution in [-0.4, -0.2) is 63.5 Å². The van der Waals surface area contributed by atoms with Crippen LogP contribution in [0.15, 0.2) is 35.4 Å². The Morgan fingerprint density at radius 1 is 1.31 bits per heavy atom. The molecule has 35 heavy (non-hydrogen) atoms. The van der Waals surface area contributed by atoms with E-state index in [2.05, 4.69) is 4.98 Å².